The van der Waals surface area contributed by atoms with Crippen LogP contribution in [0.15, 0.2) is 283 Å². The Labute approximate surface area is 481 Å². The number of hydrogen-bond acceptors (Lipinski definition) is 1. The fraction of sp³-hybridized carbons (Fsp3) is 0.0133. The summed E-state index contributed by atoms with van der Waals surface area (Å²) < 4.78 is 205. The summed E-state index contributed by atoms with van der Waals surface area (Å²) in [7, 11) is 3.75. The molecule has 15 aromatic carbocycles. The quantitative estimate of drug-likeness (QED) is 0.126. The fourth-order valence-corrected chi connectivity index (χ4v) is 10.9. The van der Waals surface area contributed by atoms with Crippen LogP contribution >= 0.6 is 0 Å². The van der Waals surface area contributed by atoms with Crippen molar-refractivity contribution in [1.82, 2.24) is 0 Å². The van der Waals surface area contributed by atoms with E-state index in [9.17, 15) is 6.85 Å². The highest BCUT2D eigenvalue weighted by atomic mass is 16.3. The van der Waals surface area contributed by atoms with Gasteiger partial charge in [0.1, 0.15) is 11.2 Å². The summed E-state index contributed by atoms with van der Waals surface area (Å²) in [6.07, 6.45) is 0. The summed E-state index contributed by atoms with van der Waals surface area (Å²) in [6.45, 7) is 0. The molecule has 1 aromatic heterocycles. The average molecular weight is 1000 g/mol. The number of fused-ring (bicyclic) bond motifs is 11. The maximum absolute atomic E-state index is 9.32. The Hall–Kier alpha value is -9.76. The molecule has 0 saturated carbocycles. The number of hydrogen-bond donors (Lipinski definition) is 0. The molecule has 77 heavy (non-hydrogen) atoms. The van der Waals surface area contributed by atoms with Crippen molar-refractivity contribution < 1.29 is 34.6 Å². The zero-order valence-corrected chi connectivity index (χ0v) is 39.8. The Morgan fingerprint density at radius 2 is 0.753 bits per heavy atom. The van der Waals surface area contributed by atoms with Crippen molar-refractivity contribution >= 4 is 116 Å². The van der Waals surface area contributed by atoms with Crippen LogP contribution in [0.5, 0.6) is 0 Å². The van der Waals surface area contributed by atoms with E-state index in [0.717, 1.165) is 16.6 Å². The third kappa shape index (κ3) is 7.63. The van der Waals surface area contributed by atoms with E-state index in [-0.39, 0.29) is 7.43 Å². The van der Waals surface area contributed by atoms with E-state index in [1.807, 2.05) is 0 Å². The predicted molar refractivity (Wildman–Crippen MR) is 336 cm³/mol. The molecule has 1 nitrogen and oxygen atoms in total. The first-order chi connectivity index (χ1) is 47.4. The standard InChI is InChI=1S/C40H24O.C34H22.CH4.BH/c1-2-13-27-24-37-35(23-26(27)12-1)40-34(21-10-22-36(40)41-37)39-32-18-7-5-16-30(32)38(31-17-6-8-19-33(31)39)29-20-9-14-25-11-3-4-15-28(25)29;1-2-12-25-22-26(21-20-23(25)10-1)33-29-15-5-7-17-31(29)34(32-18-8-6-16-30(32)33)28-19-9-13-24-11-3-4-14-27(24)28;;/h1-24H;1-22H;1H4;1H/i;1D,2D,3D,4D,5D,6D,7D,8D,9D,10D,11D,12D,13D,14D,15D,16D,17D,18D,19D,20D,21D,22D;;1D. The molecule has 0 aliphatic rings. The lowest BCUT2D eigenvalue weighted by molar-refractivity contribution is 0.669. The van der Waals surface area contributed by atoms with Crippen LogP contribution in [0.25, 0.3) is 153 Å². The van der Waals surface area contributed by atoms with Crippen LogP contribution < -0.4 is 0 Å². The van der Waals surface area contributed by atoms with Gasteiger partial charge in [0.15, 0.2) is 0 Å². The number of rotatable bonds is 4. The summed E-state index contributed by atoms with van der Waals surface area (Å²) in [5.41, 5.74) is 4.25. The first kappa shape index (κ1) is 28.2. The summed E-state index contributed by atoms with van der Waals surface area (Å²) in [6, 6.07) is 33.7. The van der Waals surface area contributed by atoms with Gasteiger partial charge in [0.25, 0.3) is 0 Å². The van der Waals surface area contributed by atoms with Gasteiger partial charge < -0.3 is 4.42 Å². The molecule has 16 aromatic rings. The van der Waals surface area contributed by atoms with E-state index in [4.69, 9.17) is 29.1 Å². The van der Waals surface area contributed by atoms with Crippen LogP contribution in [-0.2, 0) is 0 Å². The molecule has 0 fully saturated rings. The predicted octanol–water partition coefficient (Wildman–Crippen LogP) is 21.2. The van der Waals surface area contributed by atoms with Gasteiger partial charge in [-0.05, 0) is 156 Å². The molecule has 0 aliphatic carbocycles. The first-order valence-electron chi connectivity index (χ1n) is 35.7. The van der Waals surface area contributed by atoms with Crippen LogP contribution in [0.1, 0.15) is 37.6 Å². The summed E-state index contributed by atoms with van der Waals surface area (Å²) >= 11 is 0. The minimum atomic E-state index is -0.915. The molecule has 0 N–H and O–H groups in total. The Morgan fingerprint density at radius 3 is 1.42 bits per heavy atom. The van der Waals surface area contributed by atoms with E-state index in [1.54, 1.807) is 0 Å². The van der Waals surface area contributed by atoms with E-state index >= 15 is 0 Å². The first-order valence-corrected chi connectivity index (χ1v) is 24.1. The maximum Gasteiger partial charge on any atom is 0.136 e. The zero-order valence-electron chi connectivity index (χ0n) is 62.8. The molecule has 0 unspecified atom stereocenters. The number of furan rings is 1. The van der Waals surface area contributed by atoms with Gasteiger partial charge in [-0.25, -0.2) is 0 Å². The smallest absolute Gasteiger partial charge is 0.136 e. The highest BCUT2D eigenvalue weighted by Gasteiger charge is 2.22. The molecule has 16 rings (SSSR count). The van der Waals surface area contributed by atoms with Crippen LogP contribution in [0, 0.1) is 0 Å². The zero-order chi connectivity index (χ0) is 70.5. The van der Waals surface area contributed by atoms with Gasteiger partial charge in [-0.1, -0.05) is 262 Å². The van der Waals surface area contributed by atoms with Gasteiger partial charge in [0.2, 0.25) is 0 Å². The van der Waals surface area contributed by atoms with Gasteiger partial charge in [-0.15, -0.1) is 0 Å². The normalized spacial score (nSPS) is 15.5. The van der Waals surface area contributed by atoms with E-state index < -0.39 is 198 Å². The van der Waals surface area contributed by atoms with Crippen molar-refractivity contribution in [2.24, 2.45) is 0 Å². The molecular weight excluding hydrogens is 928 g/mol. The average Bonchev–Trinajstić information content (AvgIpc) is 0.798. The van der Waals surface area contributed by atoms with Crippen molar-refractivity contribution in [2.75, 3.05) is 0 Å². The minimum Gasteiger partial charge on any atom is -0.456 e. The second kappa shape index (κ2) is 19.2. The SMILES string of the molecule is C.[2H][B].[2H]c1c([2H])c([2H])c2c([2H])c(-c3c4c([2H])c([2H])c([2H])c([2H])c4c(-c4c([2H])c([2H])c([2H])c5c([2H])c([2H])c([2H])c([2H])c45)c4c([2H])c([2H])c([2H])c([2H])c34)c([2H])c([2H])c2c1[2H].c1ccc2cc3c(cc2c1)oc1cccc(-c2c4ccccc4c(-c4cccc5ccccc45)c4ccccc24)c13. The number of benzene rings is 15. The minimum absolute atomic E-state index is 0. The van der Waals surface area contributed by atoms with E-state index in [0.29, 0.717) is 0 Å². The van der Waals surface area contributed by atoms with Crippen LogP contribution in [0.3, 0.4) is 0 Å². The lowest BCUT2D eigenvalue weighted by atomic mass is 9.84. The Morgan fingerprint density at radius 1 is 0.286 bits per heavy atom. The molecule has 0 aliphatic heterocycles. The molecule has 1 heterocycles. The van der Waals surface area contributed by atoms with Crippen LogP contribution in [0.4, 0.5) is 0 Å². The Bertz CT molecular complexity index is 6160. The molecule has 0 bridgehead atoms. The molecule has 0 saturated heterocycles. The highest BCUT2D eigenvalue weighted by molar-refractivity contribution is 6.28. The van der Waals surface area contributed by atoms with E-state index in [1.165, 1.54) is 70.7 Å². The van der Waals surface area contributed by atoms with Crippen molar-refractivity contribution in [3.05, 3.63) is 279 Å². The topological polar surface area (TPSA) is 13.1 Å². The second-order valence-corrected chi connectivity index (χ2v) is 18.1. The van der Waals surface area contributed by atoms with Crippen molar-refractivity contribution in [3.8, 4) is 44.5 Å². The van der Waals surface area contributed by atoms with Gasteiger partial charge in [0, 0.05) is 19.1 Å². The lowest BCUT2D eigenvalue weighted by Gasteiger charge is -2.19. The molecular formula is C75H51BO. The van der Waals surface area contributed by atoms with Crippen molar-refractivity contribution in [2.45, 2.75) is 7.43 Å². The fourth-order valence-electron chi connectivity index (χ4n) is 10.9. The Balaban J connectivity index is 0.000000180. The molecule has 0 spiro atoms. The lowest BCUT2D eigenvalue weighted by Crippen LogP contribution is -1.92. The summed E-state index contributed by atoms with van der Waals surface area (Å²) in [4.78, 5) is 0. The Kier molecular flexibility index (Phi) is 7.03. The third-order valence-corrected chi connectivity index (χ3v) is 14.1. The highest BCUT2D eigenvalue weighted by Crippen LogP contribution is 2.49. The van der Waals surface area contributed by atoms with E-state index in [2.05, 4.69) is 154 Å². The third-order valence-electron chi connectivity index (χ3n) is 14.1. The molecule has 2 radical (unpaired) electrons. The van der Waals surface area contributed by atoms with Crippen LogP contribution in [0.2, 0.25) is 0 Å². The molecule has 0 amide bonds. The summed E-state index contributed by atoms with van der Waals surface area (Å²) in [5, 5.41) is 7.48. The van der Waals surface area contributed by atoms with Gasteiger partial charge in [-0.3, -0.25) is 0 Å². The van der Waals surface area contributed by atoms with Gasteiger partial charge in [-0.2, -0.15) is 0 Å². The van der Waals surface area contributed by atoms with Gasteiger partial charge >= 0.3 is 0 Å². The van der Waals surface area contributed by atoms with Gasteiger partial charge in [0.05, 0.1) is 30.2 Å². The molecule has 0 atom stereocenters. The van der Waals surface area contributed by atoms with Crippen molar-refractivity contribution in [3.63, 3.8) is 0 Å². The second-order valence-electron chi connectivity index (χ2n) is 18.1. The maximum atomic E-state index is 9.32. The largest absolute Gasteiger partial charge is 0.456 e. The monoisotopic (exact) mass is 1000 g/mol. The van der Waals surface area contributed by atoms with Crippen LogP contribution in [-0.4, -0.2) is 9.71 Å². The molecule has 360 valence electrons. The molecule has 2 heteroatoms. The summed E-state index contributed by atoms with van der Waals surface area (Å²) in [5.74, 6) is 0. The van der Waals surface area contributed by atoms with Crippen molar-refractivity contribution in [1.29, 1.82) is 1.34 Å².